The minimum atomic E-state index is -0.449. The van der Waals surface area contributed by atoms with E-state index in [1.165, 1.54) is 18.9 Å². The molecular weight excluding hydrogens is 322 g/mol. The second kappa shape index (κ2) is 6.26. The normalized spacial score (nSPS) is 28.0. The first kappa shape index (κ1) is 15.9. The largest absolute Gasteiger partial charge is 0.393 e. The number of benzene rings is 1. The summed E-state index contributed by atoms with van der Waals surface area (Å²) in [6, 6.07) is 4.64. The molecule has 2 N–H and O–H groups in total. The summed E-state index contributed by atoms with van der Waals surface area (Å²) in [6.45, 7) is 0. The molecule has 0 saturated carbocycles. The first-order valence-electron chi connectivity index (χ1n) is 7.51. The third-order valence-corrected chi connectivity index (χ3v) is 6.59. The van der Waals surface area contributed by atoms with Gasteiger partial charge in [0.05, 0.1) is 10.8 Å². The van der Waals surface area contributed by atoms with Gasteiger partial charge in [-0.15, -0.1) is 23.4 Å². The smallest absolute Gasteiger partial charge is 0.292 e. The lowest BCUT2D eigenvalue weighted by Gasteiger charge is -2.36. The molecule has 1 aromatic rings. The Hall–Kier alpha value is -0.980. The highest BCUT2D eigenvalue weighted by Gasteiger charge is 2.38. The summed E-state index contributed by atoms with van der Waals surface area (Å²) in [5, 5.41) is 11.5. The number of rotatable bonds is 4. The van der Waals surface area contributed by atoms with Gasteiger partial charge >= 0.3 is 0 Å². The molecular formula is C15H20ClN3O2S. The minimum Gasteiger partial charge on any atom is -0.393 e. The highest BCUT2D eigenvalue weighted by Crippen LogP contribution is 2.44. The number of halogens is 1. The van der Waals surface area contributed by atoms with Gasteiger partial charge in [-0.25, -0.2) is 0 Å². The van der Waals surface area contributed by atoms with Crippen LogP contribution in [0.3, 0.4) is 0 Å². The van der Waals surface area contributed by atoms with Gasteiger partial charge in [0.25, 0.3) is 5.69 Å². The minimum absolute atomic E-state index is 0.0524. The van der Waals surface area contributed by atoms with Gasteiger partial charge in [-0.3, -0.25) is 10.1 Å². The molecule has 2 bridgehead atoms. The first-order valence-corrected chi connectivity index (χ1v) is 8.93. The SMILES string of the molecule is CN1C2CCC1CC(Sc1ccc([N+](=O)[O-])c(N)c1CCl)C2. The van der Waals surface area contributed by atoms with Crippen molar-refractivity contribution < 1.29 is 4.92 Å². The van der Waals surface area contributed by atoms with Crippen molar-refractivity contribution in [2.75, 3.05) is 12.8 Å². The zero-order valence-electron chi connectivity index (χ0n) is 12.5. The van der Waals surface area contributed by atoms with Crippen molar-refractivity contribution >= 4 is 34.7 Å². The molecule has 2 heterocycles. The molecule has 22 heavy (non-hydrogen) atoms. The van der Waals surface area contributed by atoms with Crippen LogP contribution in [-0.4, -0.2) is 34.2 Å². The van der Waals surface area contributed by atoms with Crippen LogP contribution in [-0.2, 0) is 5.88 Å². The highest BCUT2D eigenvalue weighted by molar-refractivity contribution is 8.00. The lowest BCUT2D eigenvalue weighted by molar-refractivity contribution is -0.384. The first-order chi connectivity index (χ1) is 10.5. The van der Waals surface area contributed by atoms with Crippen LogP contribution in [0.4, 0.5) is 11.4 Å². The number of hydrogen-bond donors (Lipinski definition) is 1. The molecule has 3 rings (SSSR count). The monoisotopic (exact) mass is 341 g/mol. The Labute approximate surface area is 139 Å². The van der Waals surface area contributed by atoms with Crippen molar-refractivity contribution in [3.05, 3.63) is 27.8 Å². The van der Waals surface area contributed by atoms with Gasteiger partial charge in [-0.05, 0) is 38.8 Å². The number of nitro groups is 1. The fraction of sp³-hybridized carbons (Fsp3) is 0.600. The molecule has 2 unspecified atom stereocenters. The zero-order valence-corrected chi connectivity index (χ0v) is 14.1. The van der Waals surface area contributed by atoms with Crippen LogP contribution < -0.4 is 5.73 Å². The van der Waals surface area contributed by atoms with Gasteiger partial charge in [-0.2, -0.15) is 0 Å². The van der Waals surface area contributed by atoms with E-state index in [1.54, 1.807) is 17.8 Å². The molecule has 5 nitrogen and oxygen atoms in total. The molecule has 7 heteroatoms. The summed E-state index contributed by atoms with van der Waals surface area (Å²) >= 11 is 7.79. The van der Waals surface area contributed by atoms with Crippen molar-refractivity contribution in [3.63, 3.8) is 0 Å². The van der Waals surface area contributed by atoms with E-state index in [9.17, 15) is 10.1 Å². The van der Waals surface area contributed by atoms with Crippen molar-refractivity contribution in [3.8, 4) is 0 Å². The Morgan fingerprint density at radius 2 is 2.05 bits per heavy atom. The quantitative estimate of drug-likeness (QED) is 0.392. The van der Waals surface area contributed by atoms with Crippen LogP contribution >= 0.6 is 23.4 Å². The second-order valence-electron chi connectivity index (χ2n) is 6.13. The summed E-state index contributed by atoms with van der Waals surface area (Å²) in [5.41, 5.74) is 6.80. The summed E-state index contributed by atoms with van der Waals surface area (Å²) in [6.07, 6.45) is 4.89. The van der Waals surface area contributed by atoms with E-state index in [1.807, 2.05) is 0 Å². The number of fused-ring (bicyclic) bond motifs is 2. The van der Waals surface area contributed by atoms with Crippen molar-refractivity contribution in [2.45, 2.75) is 53.8 Å². The van der Waals surface area contributed by atoms with Gasteiger partial charge in [0.1, 0.15) is 5.69 Å². The summed E-state index contributed by atoms with van der Waals surface area (Å²) < 4.78 is 0. The maximum atomic E-state index is 11.0. The average Bonchev–Trinajstić information content (AvgIpc) is 2.70. The number of piperidine rings is 1. The highest BCUT2D eigenvalue weighted by atomic mass is 35.5. The van der Waals surface area contributed by atoms with Crippen LogP contribution in [0.1, 0.15) is 31.2 Å². The van der Waals surface area contributed by atoms with Gasteiger partial charge in [-0.1, -0.05) is 0 Å². The molecule has 120 valence electrons. The Kier molecular flexibility index (Phi) is 4.52. The zero-order chi connectivity index (χ0) is 15.9. The third kappa shape index (κ3) is 2.79. The van der Waals surface area contributed by atoms with E-state index in [-0.39, 0.29) is 17.3 Å². The summed E-state index contributed by atoms with van der Waals surface area (Å²) in [5.74, 6) is 0.204. The Balaban J connectivity index is 1.81. The van der Waals surface area contributed by atoms with Gasteiger partial charge in [0.2, 0.25) is 0 Å². The number of hydrogen-bond acceptors (Lipinski definition) is 5. The summed E-state index contributed by atoms with van der Waals surface area (Å²) in [4.78, 5) is 14.0. The number of nitrogen functional groups attached to an aromatic ring is 1. The lowest BCUT2D eigenvalue weighted by Crippen LogP contribution is -2.40. The summed E-state index contributed by atoms with van der Waals surface area (Å²) in [7, 11) is 2.22. The molecule has 2 fully saturated rings. The van der Waals surface area contributed by atoms with Crippen LogP contribution in [0.5, 0.6) is 0 Å². The fourth-order valence-electron chi connectivity index (χ4n) is 3.68. The van der Waals surface area contributed by atoms with E-state index in [0.717, 1.165) is 17.7 Å². The molecule has 0 aromatic heterocycles. The Bertz CT molecular complexity index is 584. The molecule has 1 aromatic carbocycles. The van der Waals surface area contributed by atoms with Gasteiger partial charge < -0.3 is 10.6 Å². The number of nitrogens with zero attached hydrogens (tertiary/aromatic N) is 2. The standard InChI is InChI=1S/C15H20ClN3O2S/c1-18-9-2-3-10(18)7-11(6-9)22-14-5-4-13(19(20)21)15(17)12(14)8-16/h4-5,9-11H,2-3,6-8,17H2,1H3. The lowest BCUT2D eigenvalue weighted by atomic mass is 10.0. The molecule has 2 aliphatic rings. The predicted octanol–water partition coefficient (Wildman–Crippen LogP) is 3.63. The second-order valence-corrected chi connectivity index (χ2v) is 7.74. The van der Waals surface area contributed by atoms with Crippen LogP contribution in [0, 0.1) is 10.1 Å². The Morgan fingerprint density at radius 1 is 1.41 bits per heavy atom. The van der Waals surface area contributed by atoms with E-state index < -0.39 is 4.92 Å². The maximum absolute atomic E-state index is 11.0. The molecule has 0 radical (unpaired) electrons. The molecule has 2 atom stereocenters. The number of alkyl halides is 1. The van der Waals surface area contributed by atoms with Crippen LogP contribution in [0.25, 0.3) is 0 Å². The van der Waals surface area contributed by atoms with Gasteiger partial charge in [0, 0.05) is 33.9 Å². The third-order valence-electron chi connectivity index (χ3n) is 4.97. The average molecular weight is 342 g/mol. The number of nitrogens with two attached hydrogens (primary N) is 1. The van der Waals surface area contributed by atoms with E-state index in [0.29, 0.717) is 22.9 Å². The number of anilines is 1. The van der Waals surface area contributed by atoms with Crippen molar-refractivity contribution in [1.82, 2.24) is 4.90 Å². The van der Waals surface area contributed by atoms with Gasteiger partial charge in [0.15, 0.2) is 0 Å². The van der Waals surface area contributed by atoms with Crippen molar-refractivity contribution in [2.24, 2.45) is 0 Å². The van der Waals surface area contributed by atoms with Crippen LogP contribution in [0.2, 0.25) is 0 Å². The van der Waals surface area contributed by atoms with E-state index in [2.05, 4.69) is 11.9 Å². The molecule has 2 saturated heterocycles. The van der Waals surface area contributed by atoms with E-state index in [4.69, 9.17) is 17.3 Å². The molecule has 2 aliphatic heterocycles. The molecule has 0 spiro atoms. The number of thioether (sulfide) groups is 1. The topological polar surface area (TPSA) is 72.4 Å². The van der Waals surface area contributed by atoms with Crippen LogP contribution in [0.15, 0.2) is 17.0 Å². The molecule has 0 aliphatic carbocycles. The predicted molar refractivity (Wildman–Crippen MR) is 90.5 cm³/mol. The fourth-order valence-corrected chi connectivity index (χ4v) is 5.51. The van der Waals surface area contributed by atoms with E-state index >= 15 is 0 Å². The molecule has 0 amide bonds. The van der Waals surface area contributed by atoms with Crippen molar-refractivity contribution in [1.29, 1.82) is 0 Å². The number of nitro benzene ring substituents is 1. The maximum Gasteiger partial charge on any atom is 0.292 e. The Morgan fingerprint density at radius 3 is 2.59 bits per heavy atom.